The number of aromatic amines is 1. The van der Waals surface area contributed by atoms with Gasteiger partial charge in [0.05, 0.1) is 29.3 Å². The van der Waals surface area contributed by atoms with Gasteiger partial charge in [0.25, 0.3) is 0 Å². The van der Waals surface area contributed by atoms with Crippen LogP contribution in [0.15, 0.2) is 30.7 Å². The number of aryl methyl sites for hydroxylation is 2. The maximum absolute atomic E-state index is 8.82. The van der Waals surface area contributed by atoms with Crippen molar-refractivity contribution in [3.8, 4) is 11.3 Å². The molecule has 2 aromatic heterocycles. The molecule has 0 fully saturated rings. The number of nitrogens with zero attached hydrogens (tertiary/aromatic N) is 3. The molecule has 5 nitrogen and oxygen atoms in total. The summed E-state index contributed by atoms with van der Waals surface area (Å²) >= 11 is 0. The molecule has 2 N–H and O–H groups in total. The van der Waals surface area contributed by atoms with Gasteiger partial charge in [0.15, 0.2) is 0 Å². The van der Waals surface area contributed by atoms with Crippen LogP contribution in [0.5, 0.6) is 0 Å². The quantitative estimate of drug-likeness (QED) is 0.749. The minimum absolute atomic E-state index is 0.190. The monoisotopic (exact) mass is 256 g/mol. The Hall–Kier alpha value is -2.14. The van der Waals surface area contributed by atoms with E-state index in [1.54, 1.807) is 0 Å². The molecule has 0 radical (unpaired) electrons. The van der Waals surface area contributed by atoms with E-state index >= 15 is 0 Å². The lowest BCUT2D eigenvalue weighted by molar-refractivity contribution is 0.287. The maximum atomic E-state index is 8.82. The molecule has 2 heterocycles. The number of H-pyrrole nitrogens is 1. The Kier molecular flexibility index (Phi) is 3.05. The highest BCUT2D eigenvalue weighted by Gasteiger charge is 2.06. The van der Waals surface area contributed by atoms with Crippen LogP contribution >= 0.6 is 0 Å². The van der Waals surface area contributed by atoms with E-state index in [0.717, 1.165) is 41.0 Å². The molecular weight excluding hydrogens is 240 g/mol. The average Bonchev–Trinajstić information content (AvgIpc) is 3.04. The standard InChI is InChI=1S/C14H16N4O/c1-18-9-16-11-7-10(4-5-13(11)18)12-8-15-14(17-12)3-2-6-19/h4-5,7-9,19H,2-3,6H2,1H3,(H,15,17). The third kappa shape index (κ3) is 2.24. The summed E-state index contributed by atoms with van der Waals surface area (Å²) in [6.45, 7) is 0.190. The van der Waals surface area contributed by atoms with Gasteiger partial charge in [-0.15, -0.1) is 0 Å². The van der Waals surface area contributed by atoms with Crippen LogP contribution in [0.1, 0.15) is 12.2 Å². The highest BCUT2D eigenvalue weighted by molar-refractivity contribution is 5.81. The van der Waals surface area contributed by atoms with Crippen LogP contribution in [0, 0.1) is 0 Å². The van der Waals surface area contributed by atoms with Crippen molar-refractivity contribution in [2.45, 2.75) is 12.8 Å². The van der Waals surface area contributed by atoms with Crippen molar-refractivity contribution in [2.24, 2.45) is 7.05 Å². The molecule has 0 amide bonds. The second kappa shape index (κ2) is 4.85. The number of aliphatic hydroxyl groups excluding tert-OH is 1. The first-order valence-corrected chi connectivity index (χ1v) is 6.34. The number of imidazole rings is 2. The van der Waals surface area contributed by atoms with Gasteiger partial charge in [-0.2, -0.15) is 0 Å². The summed E-state index contributed by atoms with van der Waals surface area (Å²) in [4.78, 5) is 12.0. The fourth-order valence-electron chi connectivity index (χ4n) is 2.19. The molecule has 0 spiro atoms. The molecule has 0 atom stereocenters. The number of benzene rings is 1. The van der Waals surface area contributed by atoms with Crippen LogP contribution in [0.25, 0.3) is 22.3 Å². The molecule has 0 saturated heterocycles. The predicted octanol–water partition coefficient (Wildman–Crippen LogP) is 1.89. The zero-order valence-electron chi connectivity index (χ0n) is 10.8. The largest absolute Gasteiger partial charge is 0.396 e. The van der Waals surface area contributed by atoms with Gasteiger partial charge in [0.2, 0.25) is 0 Å². The van der Waals surface area contributed by atoms with Crippen molar-refractivity contribution in [1.82, 2.24) is 19.5 Å². The van der Waals surface area contributed by atoms with Crippen LogP contribution in [0.2, 0.25) is 0 Å². The zero-order chi connectivity index (χ0) is 13.2. The molecule has 3 aromatic rings. The van der Waals surface area contributed by atoms with Crippen molar-refractivity contribution in [2.75, 3.05) is 6.61 Å². The number of hydrogen-bond donors (Lipinski definition) is 2. The zero-order valence-corrected chi connectivity index (χ0v) is 10.8. The summed E-state index contributed by atoms with van der Waals surface area (Å²) in [5, 5.41) is 8.82. The fraction of sp³-hybridized carbons (Fsp3) is 0.286. The smallest absolute Gasteiger partial charge is 0.106 e. The summed E-state index contributed by atoms with van der Waals surface area (Å²) in [5.74, 6) is 0.908. The number of rotatable bonds is 4. The first-order valence-electron chi connectivity index (χ1n) is 6.34. The van der Waals surface area contributed by atoms with Crippen molar-refractivity contribution >= 4 is 11.0 Å². The molecule has 0 saturated carbocycles. The predicted molar refractivity (Wildman–Crippen MR) is 73.7 cm³/mol. The van der Waals surface area contributed by atoms with Gasteiger partial charge in [0, 0.05) is 25.6 Å². The van der Waals surface area contributed by atoms with Crippen LogP contribution in [0.3, 0.4) is 0 Å². The lowest BCUT2D eigenvalue weighted by Crippen LogP contribution is -1.91. The topological polar surface area (TPSA) is 66.7 Å². The molecule has 0 bridgehead atoms. The molecule has 19 heavy (non-hydrogen) atoms. The number of nitrogens with one attached hydrogen (secondary N) is 1. The molecule has 0 aliphatic heterocycles. The minimum Gasteiger partial charge on any atom is -0.396 e. The fourth-order valence-corrected chi connectivity index (χ4v) is 2.19. The van der Waals surface area contributed by atoms with Gasteiger partial charge in [-0.05, 0) is 18.6 Å². The first kappa shape index (κ1) is 11.9. The van der Waals surface area contributed by atoms with E-state index in [1.807, 2.05) is 24.1 Å². The molecule has 1 aromatic carbocycles. The van der Waals surface area contributed by atoms with E-state index in [2.05, 4.69) is 33.2 Å². The minimum atomic E-state index is 0.190. The Morgan fingerprint density at radius 1 is 1.32 bits per heavy atom. The van der Waals surface area contributed by atoms with Crippen molar-refractivity contribution in [3.05, 3.63) is 36.5 Å². The van der Waals surface area contributed by atoms with E-state index < -0.39 is 0 Å². The van der Waals surface area contributed by atoms with Gasteiger partial charge >= 0.3 is 0 Å². The molecular formula is C14H16N4O. The Bertz CT molecular complexity index is 698. The number of fused-ring (bicyclic) bond motifs is 1. The lowest BCUT2D eigenvalue weighted by Gasteiger charge is -1.99. The van der Waals surface area contributed by atoms with E-state index in [4.69, 9.17) is 5.11 Å². The molecule has 98 valence electrons. The van der Waals surface area contributed by atoms with E-state index in [-0.39, 0.29) is 6.61 Å². The normalized spacial score (nSPS) is 11.3. The van der Waals surface area contributed by atoms with Crippen molar-refractivity contribution < 1.29 is 5.11 Å². The van der Waals surface area contributed by atoms with E-state index in [9.17, 15) is 0 Å². The van der Waals surface area contributed by atoms with Crippen LogP contribution < -0.4 is 0 Å². The maximum Gasteiger partial charge on any atom is 0.106 e. The molecule has 3 rings (SSSR count). The van der Waals surface area contributed by atoms with Gasteiger partial charge in [0.1, 0.15) is 5.82 Å². The first-order chi connectivity index (χ1) is 9.28. The van der Waals surface area contributed by atoms with Gasteiger partial charge in [-0.1, -0.05) is 6.07 Å². The second-order valence-corrected chi connectivity index (χ2v) is 4.63. The number of aliphatic hydroxyl groups is 1. The Balaban J connectivity index is 1.92. The van der Waals surface area contributed by atoms with Crippen LogP contribution in [-0.4, -0.2) is 31.2 Å². The average molecular weight is 256 g/mol. The summed E-state index contributed by atoms with van der Waals surface area (Å²) < 4.78 is 2.00. The van der Waals surface area contributed by atoms with Gasteiger partial charge in [-0.3, -0.25) is 0 Å². The Morgan fingerprint density at radius 3 is 3.05 bits per heavy atom. The van der Waals surface area contributed by atoms with E-state index in [0.29, 0.717) is 0 Å². The molecule has 5 heteroatoms. The third-order valence-electron chi connectivity index (χ3n) is 3.24. The SMILES string of the molecule is Cn1cnc2cc(-c3cnc(CCCO)[nH]3)ccc21. The molecule has 0 unspecified atom stereocenters. The highest BCUT2D eigenvalue weighted by Crippen LogP contribution is 2.22. The summed E-state index contributed by atoms with van der Waals surface area (Å²) in [7, 11) is 1.98. The van der Waals surface area contributed by atoms with Gasteiger partial charge in [-0.25, -0.2) is 9.97 Å². The summed E-state index contributed by atoms with van der Waals surface area (Å²) in [6, 6.07) is 6.18. The highest BCUT2D eigenvalue weighted by atomic mass is 16.2. The van der Waals surface area contributed by atoms with Gasteiger partial charge < -0.3 is 14.7 Å². The lowest BCUT2D eigenvalue weighted by atomic mass is 10.1. The number of aromatic nitrogens is 4. The third-order valence-corrected chi connectivity index (χ3v) is 3.24. The Morgan fingerprint density at radius 2 is 2.21 bits per heavy atom. The van der Waals surface area contributed by atoms with E-state index in [1.165, 1.54) is 0 Å². The molecule has 0 aliphatic rings. The van der Waals surface area contributed by atoms with Crippen LogP contribution in [0.4, 0.5) is 0 Å². The van der Waals surface area contributed by atoms with Crippen molar-refractivity contribution in [1.29, 1.82) is 0 Å². The number of hydrogen-bond acceptors (Lipinski definition) is 3. The Labute approximate surface area is 110 Å². The van der Waals surface area contributed by atoms with Crippen LogP contribution in [-0.2, 0) is 13.5 Å². The molecule has 0 aliphatic carbocycles. The second-order valence-electron chi connectivity index (χ2n) is 4.63. The van der Waals surface area contributed by atoms with Crippen molar-refractivity contribution in [3.63, 3.8) is 0 Å². The summed E-state index contributed by atoms with van der Waals surface area (Å²) in [6.07, 6.45) is 5.14. The summed E-state index contributed by atoms with van der Waals surface area (Å²) in [5.41, 5.74) is 4.16.